The molecule has 0 atom stereocenters. The highest BCUT2D eigenvalue weighted by Crippen LogP contribution is 2.30. The summed E-state index contributed by atoms with van der Waals surface area (Å²) in [4.78, 5) is 29.4. The van der Waals surface area contributed by atoms with Crippen LogP contribution in [0.25, 0.3) is 12.2 Å². The van der Waals surface area contributed by atoms with Crippen molar-refractivity contribution in [3.63, 3.8) is 0 Å². The third-order valence-electron chi connectivity index (χ3n) is 3.80. The third kappa shape index (κ3) is 4.12. The molecule has 130 valence electrons. The second-order valence-corrected chi connectivity index (χ2v) is 5.90. The van der Waals surface area contributed by atoms with E-state index in [2.05, 4.69) is 9.97 Å². The van der Waals surface area contributed by atoms with Crippen LogP contribution in [0.2, 0.25) is 0 Å². The molecule has 0 saturated heterocycles. The van der Waals surface area contributed by atoms with Crippen molar-refractivity contribution in [1.29, 1.82) is 0 Å². The minimum Gasteiger partial charge on any atom is -0.487 e. The number of hydrogen-bond acceptors (Lipinski definition) is 4. The quantitative estimate of drug-likeness (QED) is 0.840. The van der Waals surface area contributed by atoms with Crippen molar-refractivity contribution in [2.75, 3.05) is 0 Å². The molecule has 0 spiro atoms. The van der Waals surface area contributed by atoms with Gasteiger partial charge in [0.05, 0.1) is 12.5 Å². The highest BCUT2D eigenvalue weighted by atomic mass is 19.1. The second-order valence-electron chi connectivity index (χ2n) is 5.90. The lowest BCUT2D eigenvalue weighted by atomic mass is 10.1. The van der Waals surface area contributed by atoms with Crippen LogP contribution in [0.3, 0.4) is 0 Å². The van der Waals surface area contributed by atoms with E-state index in [4.69, 9.17) is 9.84 Å². The molecular weight excluding hydrogens is 327 g/mol. The smallest absolute Gasteiger partial charge is 0.308 e. The van der Waals surface area contributed by atoms with Crippen molar-refractivity contribution in [2.45, 2.75) is 32.3 Å². The Kier molecular flexibility index (Phi) is 4.65. The number of hydrogen-bond donors (Lipinski definition) is 2. The molecule has 0 radical (unpaired) electrons. The first-order chi connectivity index (χ1) is 11.9. The molecule has 25 heavy (non-hydrogen) atoms. The lowest BCUT2D eigenvalue weighted by Crippen LogP contribution is -2.20. The maximum absolute atomic E-state index is 14.4. The van der Waals surface area contributed by atoms with Gasteiger partial charge in [-0.15, -0.1) is 0 Å². The predicted molar refractivity (Wildman–Crippen MR) is 89.9 cm³/mol. The number of benzene rings is 1. The number of carbonyl (C=O) groups is 1. The highest BCUT2D eigenvalue weighted by molar-refractivity contribution is 5.71. The SMILES string of the molecule is Cc1nc(C=Cc2cccc(OC3CC3)c2F)[nH]c(=O)c1CC(=O)O. The number of carboxylic acid groups (broad SMARTS) is 1. The van der Waals surface area contributed by atoms with Gasteiger partial charge in [0.1, 0.15) is 5.82 Å². The number of aromatic amines is 1. The Morgan fingerprint density at radius 1 is 1.44 bits per heavy atom. The van der Waals surface area contributed by atoms with Crippen LogP contribution in [0.1, 0.15) is 35.5 Å². The van der Waals surface area contributed by atoms with Crippen LogP contribution in [-0.4, -0.2) is 27.1 Å². The largest absolute Gasteiger partial charge is 0.487 e. The highest BCUT2D eigenvalue weighted by Gasteiger charge is 2.25. The average Bonchev–Trinajstić information content (AvgIpc) is 3.35. The lowest BCUT2D eigenvalue weighted by Gasteiger charge is -2.07. The molecule has 2 N–H and O–H groups in total. The Morgan fingerprint density at radius 2 is 2.20 bits per heavy atom. The van der Waals surface area contributed by atoms with Crippen LogP contribution in [0.4, 0.5) is 4.39 Å². The van der Waals surface area contributed by atoms with Gasteiger partial charge in [0.25, 0.3) is 5.56 Å². The third-order valence-corrected chi connectivity index (χ3v) is 3.80. The van der Waals surface area contributed by atoms with Crippen molar-refractivity contribution >= 4 is 18.1 Å². The molecule has 6 nitrogen and oxygen atoms in total. The number of carboxylic acids is 1. The summed E-state index contributed by atoms with van der Waals surface area (Å²) >= 11 is 0. The normalized spacial score (nSPS) is 14.0. The summed E-state index contributed by atoms with van der Waals surface area (Å²) in [6, 6.07) is 4.86. The fraction of sp³-hybridized carbons (Fsp3) is 0.278. The second kappa shape index (κ2) is 6.88. The van der Waals surface area contributed by atoms with Gasteiger partial charge >= 0.3 is 5.97 Å². The number of aromatic nitrogens is 2. The van der Waals surface area contributed by atoms with E-state index in [0.29, 0.717) is 11.3 Å². The fourth-order valence-corrected chi connectivity index (χ4v) is 2.35. The number of halogens is 1. The number of ether oxygens (including phenoxy) is 1. The molecule has 7 heteroatoms. The van der Waals surface area contributed by atoms with E-state index < -0.39 is 23.8 Å². The Balaban J connectivity index is 1.84. The zero-order chi connectivity index (χ0) is 18.0. The summed E-state index contributed by atoms with van der Waals surface area (Å²) in [6.45, 7) is 1.57. The van der Waals surface area contributed by atoms with Crippen molar-refractivity contribution in [2.24, 2.45) is 0 Å². The first kappa shape index (κ1) is 16.9. The molecule has 1 fully saturated rings. The predicted octanol–water partition coefficient (Wildman–Crippen LogP) is 2.56. The van der Waals surface area contributed by atoms with Crippen LogP contribution >= 0.6 is 0 Å². The van der Waals surface area contributed by atoms with Gasteiger partial charge in [-0.3, -0.25) is 9.59 Å². The molecule has 0 bridgehead atoms. The molecule has 1 heterocycles. The van der Waals surface area contributed by atoms with E-state index in [0.717, 1.165) is 12.8 Å². The van der Waals surface area contributed by atoms with E-state index >= 15 is 0 Å². The summed E-state index contributed by atoms with van der Waals surface area (Å²) in [5.41, 5.74) is 0.238. The lowest BCUT2D eigenvalue weighted by molar-refractivity contribution is -0.136. The van der Waals surface area contributed by atoms with Gasteiger partial charge in [0, 0.05) is 16.8 Å². The Hall–Kier alpha value is -2.96. The molecule has 0 unspecified atom stereocenters. The summed E-state index contributed by atoms with van der Waals surface area (Å²) < 4.78 is 19.9. The number of aryl methyl sites for hydroxylation is 1. The van der Waals surface area contributed by atoms with Gasteiger partial charge in [-0.05, 0) is 38.0 Å². The fourth-order valence-electron chi connectivity index (χ4n) is 2.35. The van der Waals surface area contributed by atoms with Crippen molar-refractivity contribution in [1.82, 2.24) is 9.97 Å². The number of nitrogens with zero attached hydrogens (tertiary/aromatic N) is 1. The van der Waals surface area contributed by atoms with Crippen molar-refractivity contribution < 1.29 is 19.0 Å². The number of aliphatic carboxylic acids is 1. The summed E-state index contributed by atoms with van der Waals surface area (Å²) in [7, 11) is 0. The van der Waals surface area contributed by atoms with Crippen LogP contribution < -0.4 is 10.3 Å². The van der Waals surface area contributed by atoms with Gasteiger partial charge < -0.3 is 14.8 Å². The molecule has 1 aliphatic rings. The minimum atomic E-state index is -1.10. The number of nitrogens with one attached hydrogen (secondary N) is 1. The minimum absolute atomic E-state index is 0.0937. The Bertz CT molecular complexity index is 900. The molecule has 1 saturated carbocycles. The van der Waals surface area contributed by atoms with Crippen LogP contribution in [0, 0.1) is 12.7 Å². The van der Waals surface area contributed by atoms with Crippen LogP contribution in [0.15, 0.2) is 23.0 Å². The molecule has 0 aliphatic heterocycles. The number of H-pyrrole nitrogens is 1. The monoisotopic (exact) mass is 344 g/mol. The molecule has 1 aromatic heterocycles. The molecular formula is C18H17FN2O4. The van der Waals surface area contributed by atoms with Crippen molar-refractivity contribution in [3.8, 4) is 5.75 Å². The van der Waals surface area contributed by atoms with E-state index in [9.17, 15) is 14.0 Å². The molecule has 3 rings (SSSR count). The molecule has 0 amide bonds. The first-order valence-corrected chi connectivity index (χ1v) is 7.89. The van der Waals surface area contributed by atoms with E-state index in [1.165, 1.54) is 12.2 Å². The summed E-state index contributed by atoms with van der Waals surface area (Å²) in [5, 5.41) is 8.81. The van der Waals surface area contributed by atoms with E-state index in [1.54, 1.807) is 25.1 Å². The maximum Gasteiger partial charge on any atom is 0.308 e. The topological polar surface area (TPSA) is 92.3 Å². The van der Waals surface area contributed by atoms with Gasteiger partial charge in [0.15, 0.2) is 11.6 Å². The van der Waals surface area contributed by atoms with Crippen LogP contribution in [-0.2, 0) is 11.2 Å². The Labute approximate surface area is 143 Å². The molecule has 1 aromatic carbocycles. The van der Waals surface area contributed by atoms with E-state index in [1.807, 2.05) is 0 Å². The Morgan fingerprint density at radius 3 is 2.84 bits per heavy atom. The first-order valence-electron chi connectivity index (χ1n) is 7.89. The molecule has 1 aliphatic carbocycles. The average molecular weight is 344 g/mol. The van der Waals surface area contributed by atoms with Crippen molar-refractivity contribution in [3.05, 3.63) is 57.0 Å². The maximum atomic E-state index is 14.4. The summed E-state index contributed by atoms with van der Waals surface area (Å²) in [6.07, 6.45) is 4.53. The van der Waals surface area contributed by atoms with Gasteiger partial charge in [-0.1, -0.05) is 12.1 Å². The van der Waals surface area contributed by atoms with Gasteiger partial charge in [0.2, 0.25) is 0 Å². The summed E-state index contributed by atoms with van der Waals surface area (Å²) in [5.74, 6) is -1.14. The van der Waals surface area contributed by atoms with E-state index in [-0.39, 0.29) is 23.2 Å². The zero-order valence-corrected chi connectivity index (χ0v) is 13.6. The van der Waals surface area contributed by atoms with Gasteiger partial charge in [-0.2, -0.15) is 0 Å². The zero-order valence-electron chi connectivity index (χ0n) is 13.6. The van der Waals surface area contributed by atoms with Gasteiger partial charge in [-0.25, -0.2) is 9.37 Å². The number of rotatable bonds is 6. The standard InChI is InChI=1S/C18H17FN2O4/c1-10-13(9-16(22)23)18(24)21-15(20-10)8-5-11-3-2-4-14(17(11)19)25-12-6-7-12/h2-5,8,12H,6-7,9H2,1H3,(H,22,23)(H,20,21,24). The molecule has 2 aromatic rings. The van der Waals surface area contributed by atoms with Crippen LogP contribution in [0.5, 0.6) is 5.75 Å².